The summed E-state index contributed by atoms with van der Waals surface area (Å²) in [5.74, 6) is 0.934. The predicted molar refractivity (Wildman–Crippen MR) is 119 cm³/mol. The second-order valence-corrected chi connectivity index (χ2v) is 8.24. The van der Waals surface area contributed by atoms with Crippen molar-refractivity contribution in [1.82, 2.24) is 9.88 Å². The molecule has 0 saturated heterocycles. The molecular formula is C23H24FN3O3S. The maximum Gasteiger partial charge on any atom is 0.240 e. The normalized spacial score (nSPS) is 13.3. The zero-order valence-corrected chi connectivity index (χ0v) is 18.2. The minimum Gasteiger partial charge on any atom is -0.497 e. The number of anilines is 1. The van der Waals surface area contributed by atoms with Crippen molar-refractivity contribution in [2.24, 2.45) is 0 Å². The Bertz CT molecular complexity index is 1070. The Morgan fingerprint density at radius 2 is 2.03 bits per heavy atom. The van der Waals surface area contributed by atoms with Crippen molar-refractivity contribution in [3.05, 3.63) is 59.2 Å². The molecule has 0 unspecified atom stereocenters. The molecule has 1 amide bonds. The first-order chi connectivity index (χ1) is 15.1. The van der Waals surface area contributed by atoms with Crippen molar-refractivity contribution in [3.8, 4) is 22.8 Å². The number of rotatable bonds is 9. The molecule has 2 aromatic carbocycles. The number of nitrogens with zero attached hydrogens (tertiary/aromatic N) is 2. The van der Waals surface area contributed by atoms with Gasteiger partial charge in [0.15, 0.2) is 5.13 Å². The molecule has 162 valence electrons. The molecule has 1 aliphatic rings. The van der Waals surface area contributed by atoms with Crippen molar-refractivity contribution >= 4 is 22.4 Å². The third-order valence-corrected chi connectivity index (χ3v) is 5.93. The minimum absolute atomic E-state index is 0.161. The number of benzene rings is 2. The summed E-state index contributed by atoms with van der Waals surface area (Å²) in [7, 11) is 3.19. The molecule has 0 atom stereocenters. The fraction of sp³-hybridized carbons (Fsp3) is 0.304. The van der Waals surface area contributed by atoms with E-state index in [9.17, 15) is 9.18 Å². The zero-order chi connectivity index (χ0) is 21.8. The van der Waals surface area contributed by atoms with Crippen LogP contribution in [0.4, 0.5) is 9.52 Å². The molecule has 0 bridgehead atoms. The van der Waals surface area contributed by atoms with Crippen molar-refractivity contribution in [1.29, 1.82) is 0 Å². The van der Waals surface area contributed by atoms with Gasteiger partial charge in [-0.25, -0.2) is 9.37 Å². The molecule has 31 heavy (non-hydrogen) atoms. The Hall–Kier alpha value is -2.97. The monoisotopic (exact) mass is 441 g/mol. The topological polar surface area (TPSA) is 63.7 Å². The van der Waals surface area contributed by atoms with Gasteiger partial charge in [0.25, 0.3) is 0 Å². The van der Waals surface area contributed by atoms with Gasteiger partial charge >= 0.3 is 0 Å². The standard InChI is InChI=1S/C23H24FN3O3S/c1-29-17-9-10-18(21(11-17)30-2)20-14-31-23(25-20)26-22(28)13-27(16-7-8-16)12-15-5-3-4-6-19(15)24/h3-6,9-11,14,16H,7-8,12-13H2,1-2H3,(H,25,26,28). The smallest absolute Gasteiger partial charge is 0.240 e. The molecule has 1 saturated carbocycles. The predicted octanol–water partition coefficient (Wildman–Crippen LogP) is 4.57. The SMILES string of the molecule is COc1ccc(-c2csc(NC(=O)CN(Cc3ccccc3F)C3CC3)n2)c(OC)c1. The van der Waals surface area contributed by atoms with Crippen LogP contribution in [0.3, 0.4) is 0 Å². The van der Waals surface area contributed by atoms with E-state index < -0.39 is 0 Å². The minimum atomic E-state index is -0.244. The lowest BCUT2D eigenvalue weighted by Gasteiger charge is -2.21. The van der Waals surface area contributed by atoms with Crippen LogP contribution < -0.4 is 14.8 Å². The lowest BCUT2D eigenvalue weighted by Crippen LogP contribution is -2.34. The second kappa shape index (κ2) is 9.45. The van der Waals surface area contributed by atoms with Crippen LogP contribution in [-0.2, 0) is 11.3 Å². The summed E-state index contributed by atoms with van der Waals surface area (Å²) in [6, 6.07) is 12.5. The van der Waals surface area contributed by atoms with Crippen LogP contribution in [0, 0.1) is 5.82 Å². The molecule has 1 aliphatic carbocycles. The molecule has 4 rings (SSSR count). The van der Waals surface area contributed by atoms with Gasteiger partial charge in [0.1, 0.15) is 17.3 Å². The van der Waals surface area contributed by atoms with Gasteiger partial charge in [0.05, 0.1) is 26.5 Å². The van der Waals surface area contributed by atoms with E-state index in [4.69, 9.17) is 9.47 Å². The van der Waals surface area contributed by atoms with Crippen molar-refractivity contribution in [2.75, 3.05) is 26.1 Å². The first kappa shape index (κ1) is 21.3. The van der Waals surface area contributed by atoms with Crippen LogP contribution in [0.25, 0.3) is 11.3 Å². The van der Waals surface area contributed by atoms with Gasteiger partial charge in [-0.1, -0.05) is 18.2 Å². The van der Waals surface area contributed by atoms with Gasteiger partial charge in [-0.05, 0) is 31.0 Å². The van der Waals surface area contributed by atoms with E-state index in [0.29, 0.717) is 40.5 Å². The van der Waals surface area contributed by atoms with Crippen molar-refractivity contribution in [3.63, 3.8) is 0 Å². The van der Waals surface area contributed by atoms with E-state index in [-0.39, 0.29) is 18.3 Å². The van der Waals surface area contributed by atoms with Crippen LogP contribution in [0.1, 0.15) is 18.4 Å². The largest absolute Gasteiger partial charge is 0.497 e. The highest BCUT2D eigenvalue weighted by Gasteiger charge is 2.31. The van der Waals surface area contributed by atoms with Crippen molar-refractivity contribution < 1.29 is 18.7 Å². The second-order valence-electron chi connectivity index (χ2n) is 7.38. The molecular weight excluding hydrogens is 417 g/mol. The van der Waals surface area contributed by atoms with Gasteiger partial charge < -0.3 is 14.8 Å². The Kier molecular flexibility index (Phi) is 6.48. The van der Waals surface area contributed by atoms with Gasteiger partial charge in [-0.15, -0.1) is 11.3 Å². The third kappa shape index (κ3) is 5.21. The fourth-order valence-corrected chi connectivity index (χ4v) is 4.13. The number of amides is 1. The Morgan fingerprint density at radius 3 is 2.74 bits per heavy atom. The molecule has 1 fully saturated rings. The first-order valence-corrected chi connectivity index (χ1v) is 10.9. The summed E-state index contributed by atoms with van der Waals surface area (Å²) >= 11 is 1.35. The molecule has 0 aliphatic heterocycles. The number of ether oxygens (including phenoxy) is 2. The van der Waals surface area contributed by atoms with E-state index >= 15 is 0 Å². The quantitative estimate of drug-likeness (QED) is 0.527. The lowest BCUT2D eigenvalue weighted by molar-refractivity contribution is -0.117. The number of hydrogen-bond donors (Lipinski definition) is 1. The first-order valence-electron chi connectivity index (χ1n) is 10.0. The summed E-state index contributed by atoms with van der Waals surface area (Å²) in [6.07, 6.45) is 2.06. The summed E-state index contributed by atoms with van der Waals surface area (Å²) in [5.41, 5.74) is 2.13. The van der Waals surface area contributed by atoms with Crippen LogP contribution in [-0.4, -0.2) is 42.6 Å². The van der Waals surface area contributed by atoms with E-state index in [0.717, 1.165) is 18.4 Å². The number of thiazole rings is 1. The Balaban J connectivity index is 1.42. The maximum atomic E-state index is 14.0. The van der Waals surface area contributed by atoms with Crippen LogP contribution >= 0.6 is 11.3 Å². The van der Waals surface area contributed by atoms with Crippen LogP contribution in [0.15, 0.2) is 47.8 Å². The van der Waals surface area contributed by atoms with E-state index in [2.05, 4.69) is 10.3 Å². The number of aromatic nitrogens is 1. The maximum absolute atomic E-state index is 14.0. The van der Waals surface area contributed by atoms with Crippen LogP contribution in [0.2, 0.25) is 0 Å². The highest BCUT2D eigenvalue weighted by atomic mass is 32.1. The Labute approximate surface area is 184 Å². The number of carbonyl (C=O) groups is 1. The van der Waals surface area contributed by atoms with Gasteiger partial charge in [-0.3, -0.25) is 9.69 Å². The molecule has 1 aromatic heterocycles. The average molecular weight is 442 g/mol. The molecule has 0 spiro atoms. The molecule has 6 nitrogen and oxygen atoms in total. The molecule has 0 radical (unpaired) electrons. The van der Waals surface area contributed by atoms with Gasteiger partial charge in [0, 0.05) is 35.2 Å². The number of hydrogen-bond acceptors (Lipinski definition) is 6. The van der Waals surface area contributed by atoms with E-state index in [1.54, 1.807) is 32.4 Å². The molecule has 1 heterocycles. The zero-order valence-electron chi connectivity index (χ0n) is 17.4. The number of nitrogens with one attached hydrogen (secondary N) is 1. The van der Waals surface area contributed by atoms with Gasteiger partial charge in [-0.2, -0.15) is 0 Å². The van der Waals surface area contributed by atoms with E-state index in [1.807, 2.05) is 28.5 Å². The number of carbonyl (C=O) groups excluding carboxylic acids is 1. The average Bonchev–Trinajstić information content (AvgIpc) is 3.53. The van der Waals surface area contributed by atoms with E-state index in [1.165, 1.54) is 17.4 Å². The van der Waals surface area contributed by atoms with Crippen LogP contribution in [0.5, 0.6) is 11.5 Å². The Morgan fingerprint density at radius 1 is 1.23 bits per heavy atom. The fourth-order valence-electron chi connectivity index (χ4n) is 3.41. The number of methoxy groups -OCH3 is 2. The highest BCUT2D eigenvalue weighted by molar-refractivity contribution is 7.14. The number of halogens is 1. The summed E-state index contributed by atoms with van der Waals surface area (Å²) < 4.78 is 24.7. The lowest BCUT2D eigenvalue weighted by atomic mass is 10.1. The molecule has 1 N–H and O–H groups in total. The summed E-state index contributed by atoms with van der Waals surface area (Å²) in [4.78, 5) is 19.2. The van der Waals surface area contributed by atoms with Gasteiger partial charge in [0.2, 0.25) is 5.91 Å². The highest BCUT2D eigenvalue weighted by Crippen LogP contribution is 2.35. The third-order valence-electron chi connectivity index (χ3n) is 5.18. The molecule has 8 heteroatoms. The summed E-state index contributed by atoms with van der Waals surface area (Å²) in [6.45, 7) is 0.608. The summed E-state index contributed by atoms with van der Waals surface area (Å²) in [5, 5.41) is 5.26. The molecule has 3 aromatic rings. The van der Waals surface area contributed by atoms with Crippen molar-refractivity contribution in [2.45, 2.75) is 25.4 Å².